The number of hydrogen-bond donors (Lipinski definition) is 1. The van der Waals surface area contributed by atoms with Crippen molar-refractivity contribution in [2.24, 2.45) is 11.7 Å². The Kier molecular flexibility index (Phi) is 2.81. The van der Waals surface area contributed by atoms with Gasteiger partial charge in [0.1, 0.15) is 0 Å². The summed E-state index contributed by atoms with van der Waals surface area (Å²) >= 11 is 0. The maximum absolute atomic E-state index is 6.25. The Labute approximate surface area is 92.1 Å². The quantitative estimate of drug-likeness (QED) is 0.814. The van der Waals surface area contributed by atoms with Crippen LogP contribution < -0.4 is 5.73 Å². The molecule has 2 rings (SSSR count). The fourth-order valence-corrected chi connectivity index (χ4v) is 2.10. The number of hydrogen-bond acceptors (Lipinski definition) is 2. The Hall–Kier alpha value is -0.860. The molecule has 0 bridgehead atoms. The van der Waals surface area contributed by atoms with Crippen molar-refractivity contribution in [2.75, 3.05) is 13.1 Å². The highest BCUT2D eigenvalue weighted by Crippen LogP contribution is 2.27. The van der Waals surface area contributed by atoms with Gasteiger partial charge >= 0.3 is 0 Å². The summed E-state index contributed by atoms with van der Waals surface area (Å²) in [5.74, 6) is 0.574. The van der Waals surface area contributed by atoms with Crippen molar-refractivity contribution >= 4 is 0 Å². The van der Waals surface area contributed by atoms with Crippen molar-refractivity contribution in [3.05, 3.63) is 35.9 Å². The van der Waals surface area contributed by atoms with Crippen molar-refractivity contribution in [2.45, 2.75) is 25.9 Å². The van der Waals surface area contributed by atoms with Crippen LogP contribution in [0.15, 0.2) is 30.3 Å². The van der Waals surface area contributed by atoms with Crippen molar-refractivity contribution in [1.29, 1.82) is 0 Å². The molecule has 1 aromatic carbocycles. The van der Waals surface area contributed by atoms with Crippen LogP contribution in [0, 0.1) is 5.92 Å². The first kappa shape index (κ1) is 10.7. The molecule has 0 unspecified atom stereocenters. The van der Waals surface area contributed by atoms with Crippen LogP contribution in [0.2, 0.25) is 0 Å². The first-order valence-corrected chi connectivity index (χ1v) is 5.65. The molecular formula is C13H20N2. The SMILES string of the molecule is CC(C)C1(N)CN(Cc2ccccc2)C1. The average molecular weight is 204 g/mol. The smallest absolute Gasteiger partial charge is 0.0435 e. The Morgan fingerprint density at radius 2 is 1.87 bits per heavy atom. The van der Waals surface area contributed by atoms with E-state index in [0.29, 0.717) is 5.92 Å². The number of likely N-dealkylation sites (tertiary alicyclic amines) is 1. The van der Waals surface area contributed by atoms with Crippen molar-refractivity contribution in [1.82, 2.24) is 4.90 Å². The first-order valence-electron chi connectivity index (χ1n) is 5.65. The van der Waals surface area contributed by atoms with Crippen LogP contribution in [-0.2, 0) is 6.54 Å². The Morgan fingerprint density at radius 1 is 1.27 bits per heavy atom. The van der Waals surface area contributed by atoms with Gasteiger partial charge in [-0.1, -0.05) is 44.2 Å². The van der Waals surface area contributed by atoms with Crippen molar-refractivity contribution in [3.8, 4) is 0 Å². The van der Waals surface area contributed by atoms with E-state index in [2.05, 4.69) is 49.1 Å². The minimum atomic E-state index is 0.0504. The summed E-state index contributed by atoms with van der Waals surface area (Å²) in [7, 11) is 0. The van der Waals surface area contributed by atoms with Crippen LogP contribution in [0.5, 0.6) is 0 Å². The van der Waals surface area contributed by atoms with Gasteiger partial charge in [-0.25, -0.2) is 0 Å². The molecule has 0 aliphatic carbocycles. The Bertz CT molecular complexity index is 313. The third kappa shape index (κ3) is 2.21. The van der Waals surface area contributed by atoms with E-state index in [4.69, 9.17) is 5.73 Å². The van der Waals surface area contributed by atoms with Gasteiger partial charge in [-0.05, 0) is 11.5 Å². The van der Waals surface area contributed by atoms with Crippen LogP contribution in [-0.4, -0.2) is 23.5 Å². The molecule has 1 heterocycles. The molecule has 2 nitrogen and oxygen atoms in total. The van der Waals surface area contributed by atoms with E-state index in [1.165, 1.54) is 5.56 Å². The van der Waals surface area contributed by atoms with Crippen LogP contribution >= 0.6 is 0 Å². The summed E-state index contributed by atoms with van der Waals surface area (Å²) in [5, 5.41) is 0. The molecule has 2 heteroatoms. The highest BCUT2D eigenvalue weighted by Gasteiger charge is 2.41. The summed E-state index contributed by atoms with van der Waals surface area (Å²) in [5.41, 5.74) is 7.68. The second-order valence-electron chi connectivity index (χ2n) is 5.02. The summed E-state index contributed by atoms with van der Waals surface area (Å²) in [6.07, 6.45) is 0. The first-order chi connectivity index (χ1) is 7.10. The van der Waals surface area contributed by atoms with E-state index in [-0.39, 0.29) is 5.54 Å². The lowest BCUT2D eigenvalue weighted by molar-refractivity contribution is 0.0313. The molecule has 0 aromatic heterocycles. The zero-order valence-electron chi connectivity index (χ0n) is 9.61. The monoisotopic (exact) mass is 204 g/mol. The molecule has 1 aliphatic heterocycles. The Morgan fingerprint density at radius 3 is 2.40 bits per heavy atom. The third-order valence-electron chi connectivity index (χ3n) is 3.43. The highest BCUT2D eigenvalue weighted by atomic mass is 15.2. The molecule has 1 aliphatic rings. The van der Waals surface area contributed by atoms with Crippen LogP contribution in [0.3, 0.4) is 0 Å². The molecule has 0 spiro atoms. The van der Waals surface area contributed by atoms with Crippen molar-refractivity contribution in [3.63, 3.8) is 0 Å². The van der Waals surface area contributed by atoms with Crippen LogP contribution in [0.4, 0.5) is 0 Å². The maximum Gasteiger partial charge on any atom is 0.0435 e. The van der Waals surface area contributed by atoms with E-state index in [1.807, 2.05) is 0 Å². The number of benzene rings is 1. The summed E-state index contributed by atoms with van der Waals surface area (Å²) < 4.78 is 0. The molecule has 2 N–H and O–H groups in total. The zero-order chi connectivity index (χ0) is 10.9. The summed E-state index contributed by atoms with van der Waals surface area (Å²) in [4.78, 5) is 2.41. The van der Waals surface area contributed by atoms with Gasteiger partial charge in [-0.2, -0.15) is 0 Å². The standard InChI is InChI=1S/C13H20N2/c1-11(2)13(14)9-15(10-13)8-12-6-4-3-5-7-12/h3-7,11H,8-10,14H2,1-2H3. The van der Waals surface area contributed by atoms with E-state index in [9.17, 15) is 0 Å². The van der Waals surface area contributed by atoms with Crippen LogP contribution in [0.1, 0.15) is 19.4 Å². The minimum Gasteiger partial charge on any atom is -0.323 e. The topological polar surface area (TPSA) is 29.3 Å². The molecule has 0 amide bonds. The second-order valence-corrected chi connectivity index (χ2v) is 5.02. The van der Waals surface area contributed by atoms with Crippen molar-refractivity contribution < 1.29 is 0 Å². The molecule has 1 saturated heterocycles. The zero-order valence-corrected chi connectivity index (χ0v) is 9.61. The number of nitrogens with zero attached hydrogens (tertiary/aromatic N) is 1. The molecule has 15 heavy (non-hydrogen) atoms. The molecule has 1 aromatic rings. The lowest BCUT2D eigenvalue weighted by atomic mass is 9.80. The van der Waals surface area contributed by atoms with Gasteiger partial charge in [-0.15, -0.1) is 0 Å². The van der Waals surface area contributed by atoms with Gasteiger partial charge in [0.25, 0.3) is 0 Å². The van der Waals surface area contributed by atoms with Gasteiger partial charge in [0, 0.05) is 25.2 Å². The minimum absolute atomic E-state index is 0.0504. The second kappa shape index (κ2) is 3.95. The third-order valence-corrected chi connectivity index (χ3v) is 3.43. The molecule has 0 atom stereocenters. The van der Waals surface area contributed by atoms with E-state index in [1.54, 1.807) is 0 Å². The van der Waals surface area contributed by atoms with E-state index < -0.39 is 0 Å². The predicted octanol–water partition coefficient (Wildman–Crippen LogP) is 1.86. The maximum atomic E-state index is 6.25. The fraction of sp³-hybridized carbons (Fsp3) is 0.538. The number of rotatable bonds is 3. The molecule has 0 saturated carbocycles. The largest absolute Gasteiger partial charge is 0.323 e. The molecular weight excluding hydrogens is 184 g/mol. The normalized spacial score (nSPS) is 20.3. The summed E-state index contributed by atoms with van der Waals surface area (Å²) in [6.45, 7) is 7.51. The predicted molar refractivity (Wildman–Crippen MR) is 63.5 cm³/mol. The average Bonchev–Trinajstić information content (AvgIpc) is 2.16. The molecule has 0 radical (unpaired) electrons. The fourth-order valence-electron chi connectivity index (χ4n) is 2.10. The highest BCUT2D eigenvalue weighted by molar-refractivity contribution is 5.16. The van der Waals surface area contributed by atoms with Gasteiger partial charge in [0.05, 0.1) is 0 Å². The van der Waals surface area contributed by atoms with E-state index in [0.717, 1.165) is 19.6 Å². The molecule has 1 fully saturated rings. The molecule has 82 valence electrons. The lowest BCUT2D eigenvalue weighted by Crippen LogP contribution is -2.69. The van der Waals surface area contributed by atoms with Crippen LogP contribution in [0.25, 0.3) is 0 Å². The Balaban J connectivity index is 1.86. The van der Waals surface area contributed by atoms with Gasteiger partial charge in [-0.3, -0.25) is 4.90 Å². The number of nitrogens with two attached hydrogens (primary N) is 1. The van der Waals surface area contributed by atoms with Gasteiger partial charge < -0.3 is 5.73 Å². The van der Waals surface area contributed by atoms with E-state index >= 15 is 0 Å². The lowest BCUT2D eigenvalue weighted by Gasteiger charge is -2.50. The summed E-state index contributed by atoms with van der Waals surface area (Å²) in [6, 6.07) is 10.6. The van der Waals surface area contributed by atoms with Gasteiger partial charge in [0.2, 0.25) is 0 Å². The van der Waals surface area contributed by atoms with Gasteiger partial charge in [0.15, 0.2) is 0 Å².